The van der Waals surface area contributed by atoms with Gasteiger partial charge in [0.05, 0.1) is 10.6 Å². The summed E-state index contributed by atoms with van der Waals surface area (Å²) in [5.41, 5.74) is -1.99. The Bertz CT molecular complexity index is 349. The van der Waals surface area contributed by atoms with Crippen LogP contribution in [0.2, 0.25) is 5.02 Å². The minimum atomic E-state index is -2.95. The minimum Gasteiger partial charge on any atom is -0.297 e. The summed E-state index contributed by atoms with van der Waals surface area (Å²) in [5.74, 6) is -1.11. The Morgan fingerprint density at radius 1 is 1.50 bits per heavy atom. The molecule has 0 spiro atoms. The maximum Gasteiger partial charge on any atom is 0.269 e. The average molecular weight is 198 g/mol. The number of aromatic amines is 1. The van der Waals surface area contributed by atoms with E-state index in [0.717, 1.165) is 0 Å². The molecule has 0 aromatic carbocycles. The van der Waals surface area contributed by atoms with E-state index in [0.29, 0.717) is 6.07 Å². The van der Waals surface area contributed by atoms with Crippen molar-refractivity contribution in [3.8, 4) is 0 Å². The molecule has 0 aliphatic rings. The van der Waals surface area contributed by atoms with Crippen molar-refractivity contribution in [1.82, 2.24) is 4.98 Å². The first-order chi connectivity index (χ1) is 5.52. The number of hydrogen-bond donors (Lipinski definition) is 1. The molecule has 2 nitrogen and oxygen atoms in total. The third kappa shape index (κ3) is 1.61. The van der Waals surface area contributed by atoms with Gasteiger partial charge in [0.1, 0.15) is 0 Å². The minimum absolute atomic E-state index is 0.523. The topological polar surface area (TPSA) is 32.9 Å². The fourth-order valence-corrected chi connectivity index (χ4v) is 0.824. The first-order valence-corrected chi connectivity index (χ1v) is 3.26. The van der Waals surface area contributed by atoms with Gasteiger partial charge >= 0.3 is 0 Å². The molecule has 1 aromatic rings. The summed E-state index contributed by atoms with van der Waals surface area (Å²) >= 11 is 5.15. The molecule has 0 amide bonds. The maximum atomic E-state index is 12.4. The molecule has 0 fully saturated rings. The highest BCUT2D eigenvalue weighted by Gasteiger charge is 2.14. The Balaban J connectivity index is 3.33. The van der Waals surface area contributed by atoms with Gasteiger partial charge in [0.2, 0.25) is 5.95 Å². The fourth-order valence-electron chi connectivity index (χ4n) is 0.659. The van der Waals surface area contributed by atoms with Crippen LogP contribution in [0.1, 0.15) is 12.0 Å². The van der Waals surface area contributed by atoms with Crippen LogP contribution < -0.4 is 5.56 Å². The Labute approximate surface area is 70.0 Å². The van der Waals surface area contributed by atoms with Crippen molar-refractivity contribution in [1.29, 1.82) is 0 Å². The SMILES string of the molecule is O=c1[nH]c(F)c(Cl)cc1C(F)F. The van der Waals surface area contributed by atoms with E-state index in [1.165, 1.54) is 0 Å². The molecule has 0 aliphatic carbocycles. The number of pyridine rings is 1. The Hall–Kier alpha value is -0.970. The zero-order chi connectivity index (χ0) is 9.30. The molecule has 0 saturated heterocycles. The first-order valence-electron chi connectivity index (χ1n) is 2.88. The van der Waals surface area contributed by atoms with Gasteiger partial charge in [-0.1, -0.05) is 11.6 Å². The number of nitrogens with one attached hydrogen (secondary N) is 1. The highest BCUT2D eigenvalue weighted by Crippen LogP contribution is 2.18. The number of hydrogen-bond acceptors (Lipinski definition) is 1. The zero-order valence-electron chi connectivity index (χ0n) is 5.57. The highest BCUT2D eigenvalue weighted by atomic mass is 35.5. The predicted molar refractivity (Wildman–Crippen MR) is 37.0 cm³/mol. The van der Waals surface area contributed by atoms with Crippen LogP contribution in [0.4, 0.5) is 13.2 Å². The number of rotatable bonds is 1. The first kappa shape index (κ1) is 9.12. The molecule has 1 rings (SSSR count). The van der Waals surface area contributed by atoms with Crippen LogP contribution in [-0.4, -0.2) is 4.98 Å². The summed E-state index contributed by atoms with van der Waals surface area (Å²) in [5, 5.41) is -0.523. The van der Waals surface area contributed by atoms with Crippen molar-refractivity contribution in [2.45, 2.75) is 6.43 Å². The van der Waals surface area contributed by atoms with Crippen molar-refractivity contribution < 1.29 is 13.2 Å². The van der Waals surface area contributed by atoms with Crippen LogP contribution >= 0.6 is 11.6 Å². The molecular formula is C6H3ClF3NO. The van der Waals surface area contributed by atoms with Crippen molar-refractivity contribution in [3.05, 3.63) is 33.0 Å². The third-order valence-electron chi connectivity index (χ3n) is 1.21. The summed E-state index contributed by atoms with van der Waals surface area (Å²) in [7, 11) is 0. The van der Waals surface area contributed by atoms with E-state index < -0.39 is 28.5 Å². The van der Waals surface area contributed by atoms with E-state index in [1.54, 1.807) is 4.98 Å². The van der Waals surface area contributed by atoms with Crippen LogP contribution in [0.15, 0.2) is 10.9 Å². The number of H-pyrrole nitrogens is 1. The second kappa shape index (κ2) is 3.18. The van der Waals surface area contributed by atoms with Gasteiger partial charge in [-0.3, -0.25) is 9.78 Å². The molecule has 0 aliphatic heterocycles. The fraction of sp³-hybridized carbons (Fsp3) is 0.167. The summed E-state index contributed by atoms with van der Waals surface area (Å²) in [6.07, 6.45) is -2.95. The Morgan fingerprint density at radius 2 is 2.08 bits per heavy atom. The van der Waals surface area contributed by atoms with E-state index in [4.69, 9.17) is 11.6 Å². The van der Waals surface area contributed by atoms with Crippen LogP contribution in [-0.2, 0) is 0 Å². The molecular weight excluding hydrogens is 195 g/mol. The molecule has 0 unspecified atom stereocenters. The van der Waals surface area contributed by atoms with Gasteiger partial charge in [-0.25, -0.2) is 8.78 Å². The number of alkyl halides is 2. The summed E-state index contributed by atoms with van der Waals surface area (Å²) in [6, 6.07) is 0.611. The normalized spacial score (nSPS) is 10.8. The highest BCUT2D eigenvalue weighted by molar-refractivity contribution is 6.30. The second-order valence-corrected chi connectivity index (χ2v) is 2.42. The zero-order valence-corrected chi connectivity index (χ0v) is 6.33. The van der Waals surface area contributed by atoms with Gasteiger partial charge in [0.25, 0.3) is 12.0 Å². The monoisotopic (exact) mass is 197 g/mol. The predicted octanol–water partition coefficient (Wildman–Crippen LogP) is 2.10. The van der Waals surface area contributed by atoms with E-state index in [-0.39, 0.29) is 0 Å². The molecule has 0 radical (unpaired) electrons. The molecule has 12 heavy (non-hydrogen) atoms. The van der Waals surface area contributed by atoms with E-state index >= 15 is 0 Å². The van der Waals surface area contributed by atoms with Crippen molar-refractivity contribution in [2.24, 2.45) is 0 Å². The Morgan fingerprint density at radius 3 is 2.58 bits per heavy atom. The van der Waals surface area contributed by atoms with Crippen molar-refractivity contribution >= 4 is 11.6 Å². The van der Waals surface area contributed by atoms with Crippen LogP contribution in [0.3, 0.4) is 0 Å². The largest absolute Gasteiger partial charge is 0.297 e. The van der Waals surface area contributed by atoms with Crippen LogP contribution in [0, 0.1) is 5.95 Å². The number of halogens is 4. The van der Waals surface area contributed by atoms with E-state index in [1.807, 2.05) is 0 Å². The Kier molecular flexibility index (Phi) is 2.42. The molecule has 1 N–H and O–H groups in total. The standard InChI is InChI=1S/C6H3ClF3NO/c7-3-1-2(4(8)9)6(12)11-5(3)10/h1,4H,(H,11,12). The van der Waals surface area contributed by atoms with Gasteiger partial charge in [-0.05, 0) is 6.07 Å². The number of aromatic nitrogens is 1. The van der Waals surface area contributed by atoms with Crippen LogP contribution in [0.25, 0.3) is 0 Å². The van der Waals surface area contributed by atoms with E-state index in [9.17, 15) is 18.0 Å². The van der Waals surface area contributed by atoms with Crippen molar-refractivity contribution in [2.75, 3.05) is 0 Å². The van der Waals surface area contributed by atoms with Gasteiger partial charge in [0, 0.05) is 0 Å². The lowest BCUT2D eigenvalue weighted by molar-refractivity contribution is 0.149. The van der Waals surface area contributed by atoms with Crippen LogP contribution in [0.5, 0.6) is 0 Å². The smallest absolute Gasteiger partial charge is 0.269 e. The quantitative estimate of drug-likeness (QED) is 0.687. The second-order valence-electron chi connectivity index (χ2n) is 2.02. The molecule has 0 atom stereocenters. The summed E-state index contributed by atoms with van der Waals surface area (Å²) < 4.78 is 36.3. The molecule has 6 heteroatoms. The lowest BCUT2D eigenvalue weighted by Gasteiger charge is -1.98. The van der Waals surface area contributed by atoms with Crippen molar-refractivity contribution in [3.63, 3.8) is 0 Å². The summed E-state index contributed by atoms with van der Waals surface area (Å²) in [4.78, 5) is 12.2. The maximum absolute atomic E-state index is 12.4. The molecule has 66 valence electrons. The van der Waals surface area contributed by atoms with Gasteiger partial charge < -0.3 is 0 Å². The van der Waals surface area contributed by atoms with Gasteiger partial charge in [-0.15, -0.1) is 0 Å². The molecule has 1 aromatic heterocycles. The van der Waals surface area contributed by atoms with Gasteiger partial charge in [-0.2, -0.15) is 4.39 Å². The molecule has 0 saturated carbocycles. The molecule has 0 bridgehead atoms. The summed E-state index contributed by atoms with van der Waals surface area (Å²) in [6.45, 7) is 0. The third-order valence-corrected chi connectivity index (χ3v) is 1.49. The lowest BCUT2D eigenvalue weighted by Crippen LogP contribution is -2.14. The lowest BCUT2D eigenvalue weighted by atomic mass is 10.3. The average Bonchev–Trinajstić information content (AvgIpc) is 1.96. The van der Waals surface area contributed by atoms with E-state index in [2.05, 4.69) is 0 Å². The molecule has 1 heterocycles. The van der Waals surface area contributed by atoms with Gasteiger partial charge in [0.15, 0.2) is 0 Å².